The van der Waals surface area contributed by atoms with E-state index in [9.17, 15) is 4.79 Å². The van der Waals surface area contributed by atoms with Crippen LogP contribution < -0.4 is 5.32 Å². The number of nitrogens with one attached hydrogen (secondary N) is 1. The predicted molar refractivity (Wildman–Crippen MR) is 91.4 cm³/mol. The maximum atomic E-state index is 12.2. The second-order valence-corrected chi connectivity index (χ2v) is 8.20. The molecule has 1 saturated carbocycles. The molecule has 1 amide bonds. The van der Waals surface area contributed by atoms with Crippen molar-refractivity contribution in [3.05, 3.63) is 22.4 Å². The Morgan fingerprint density at radius 1 is 1.30 bits per heavy atom. The van der Waals surface area contributed by atoms with E-state index in [0.29, 0.717) is 0 Å². The summed E-state index contributed by atoms with van der Waals surface area (Å²) in [5, 5.41) is 7.45. The lowest BCUT2D eigenvalue weighted by atomic mass is 9.88. The van der Waals surface area contributed by atoms with Gasteiger partial charge in [-0.15, -0.1) is 0 Å². The normalized spacial score (nSPS) is 27.4. The molecule has 1 N–H and O–H groups in total. The lowest BCUT2D eigenvalue weighted by Crippen LogP contribution is -2.45. The average molecular weight is 334 g/mol. The van der Waals surface area contributed by atoms with Gasteiger partial charge in [0, 0.05) is 26.2 Å². The van der Waals surface area contributed by atoms with Gasteiger partial charge in [0.25, 0.3) is 0 Å². The molecular formula is C18H26N2O2S. The maximum Gasteiger partial charge on any atom is 0.249 e. The molecule has 4 nitrogen and oxygen atoms in total. The Bertz CT molecular complexity index is 533. The first-order valence-corrected chi connectivity index (χ1v) is 9.86. The molecule has 3 heterocycles. The molecule has 126 valence electrons. The van der Waals surface area contributed by atoms with Crippen LogP contribution in [0.4, 0.5) is 0 Å². The van der Waals surface area contributed by atoms with E-state index in [-0.39, 0.29) is 17.6 Å². The van der Waals surface area contributed by atoms with Crippen molar-refractivity contribution in [3.63, 3.8) is 0 Å². The number of carbonyl (C=O) groups excluding carboxylic acids is 1. The van der Waals surface area contributed by atoms with Crippen LogP contribution in [-0.4, -0.2) is 42.1 Å². The molecule has 2 saturated heterocycles. The number of hydrogen-bond donors (Lipinski definition) is 1. The van der Waals surface area contributed by atoms with Crippen molar-refractivity contribution in [1.82, 2.24) is 10.2 Å². The minimum absolute atomic E-state index is 0.0350. The first-order chi connectivity index (χ1) is 11.2. The molecule has 4 rings (SSSR count). The summed E-state index contributed by atoms with van der Waals surface area (Å²) >= 11 is 1.77. The molecule has 0 bridgehead atoms. The SMILES string of the molecule is O=C(NCC1CC1)C1CCC2(CCN(Cc3ccsc3)CC2)O1. The highest BCUT2D eigenvalue weighted by Crippen LogP contribution is 2.39. The number of nitrogens with zero attached hydrogens (tertiary/aromatic N) is 1. The van der Waals surface area contributed by atoms with Crippen LogP contribution in [0.15, 0.2) is 16.8 Å². The van der Waals surface area contributed by atoms with Crippen molar-refractivity contribution < 1.29 is 9.53 Å². The van der Waals surface area contributed by atoms with Gasteiger partial charge >= 0.3 is 0 Å². The predicted octanol–water partition coefficient (Wildman–Crippen LogP) is 2.79. The number of rotatable bonds is 5. The van der Waals surface area contributed by atoms with E-state index in [1.807, 2.05) is 0 Å². The molecule has 3 aliphatic rings. The smallest absolute Gasteiger partial charge is 0.249 e. The summed E-state index contributed by atoms with van der Waals surface area (Å²) in [5.74, 6) is 0.851. The van der Waals surface area contributed by atoms with E-state index in [4.69, 9.17) is 4.74 Å². The van der Waals surface area contributed by atoms with Gasteiger partial charge in [-0.3, -0.25) is 9.69 Å². The van der Waals surface area contributed by atoms with E-state index in [2.05, 4.69) is 27.0 Å². The van der Waals surface area contributed by atoms with Crippen LogP contribution in [0, 0.1) is 5.92 Å². The standard InChI is InChI=1S/C18H26N2O2S/c21-17(19-11-14-1-2-14)16-3-5-18(22-16)6-8-20(9-7-18)12-15-4-10-23-13-15/h4,10,13-14,16H,1-3,5-9,11-12H2,(H,19,21). The zero-order chi connectivity index (χ0) is 15.7. The average Bonchev–Trinajstić information content (AvgIpc) is 3.08. The Balaban J connectivity index is 1.25. The lowest BCUT2D eigenvalue weighted by molar-refractivity contribution is -0.140. The summed E-state index contributed by atoms with van der Waals surface area (Å²) in [4.78, 5) is 14.7. The van der Waals surface area contributed by atoms with Gasteiger partial charge in [-0.05, 0) is 66.8 Å². The molecule has 1 atom stereocenters. The van der Waals surface area contributed by atoms with Gasteiger partial charge in [-0.25, -0.2) is 0 Å². The maximum absolute atomic E-state index is 12.2. The Morgan fingerprint density at radius 2 is 2.13 bits per heavy atom. The second kappa shape index (κ2) is 6.54. The second-order valence-electron chi connectivity index (χ2n) is 7.42. The summed E-state index contributed by atoms with van der Waals surface area (Å²) in [6.07, 6.45) is 6.39. The molecule has 3 fully saturated rings. The van der Waals surface area contributed by atoms with Crippen molar-refractivity contribution in [2.75, 3.05) is 19.6 Å². The molecule has 5 heteroatoms. The fourth-order valence-electron chi connectivity index (χ4n) is 3.81. The first-order valence-electron chi connectivity index (χ1n) is 8.91. The van der Waals surface area contributed by atoms with E-state index in [1.165, 1.54) is 18.4 Å². The van der Waals surface area contributed by atoms with Crippen molar-refractivity contribution >= 4 is 17.2 Å². The topological polar surface area (TPSA) is 41.6 Å². The van der Waals surface area contributed by atoms with Crippen LogP contribution in [0.3, 0.4) is 0 Å². The number of likely N-dealkylation sites (tertiary alicyclic amines) is 1. The summed E-state index contributed by atoms with van der Waals surface area (Å²) in [6.45, 7) is 4.05. The van der Waals surface area contributed by atoms with Crippen molar-refractivity contribution in [2.24, 2.45) is 5.92 Å². The number of thiophene rings is 1. The van der Waals surface area contributed by atoms with Crippen LogP contribution in [0.5, 0.6) is 0 Å². The van der Waals surface area contributed by atoms with E-state index in [0.717, 1.165) is 57.8 Å². The van der Waals surface area contributed by atoms with Gasteiger partial charge in [0.2, 0.25) is 5.91 Å². The highest BCUT2D eigenvalue weighted by atomic mass is 32.1. The molecule has 0 radical (unpaired) electrons. The third-order valence-corrected chi connectivity index (χ3v) is 6.29. The highest BCUT2D eigenvalue weighted by Gasteiger charge is 2.44. The van der Waals surface area contributed by atoms with Crippen LogP contribution >= 0.6 is 11.3 Å². The summed E-state index contributed by atoms with van der Waals surface area (Å²) < 4.78 is 6.25. The monoisotopic (exact) mass is 334 g/mol. The fourth-order valence-corrected chi connectivity index (χ4v) is 4.47. The van der Waals surface area contributed by atoms with E-state index in [1.54, 1.807) is 11.3 Å². The number of carbonyl (C=O) groups is 1. The number of amides is 1. The fraction of sp³-hybridized carbons (Fsp3) is 0.722. The summed E-state index contributed by atoms with van der Waals surface area (Å²) in [7, 11) is 0. The Hall–Kier alpha value is -0.910. The van der Waals surface area contributed by atoms with Crippen LogP contribution in [0.25, 0.3) is 0 Å². The van der Waals surface area contributed by atoms with Crippen LogP contribution in [0.2, 0.25) is 0 Å². The number of hydrogen-bond acceptors (Lipinski definition) is 4. The first kappa shape index (κ1) is 15.6. The highest BCUT2D eigenvalue weighted by molar-refractivity contribution is 7.07. The number of piperidine rings is 1. The van der Waals surface area contributed by atoms with Crippen molar-refractivity contribution in [3.8, 4) is 0 Å². The van der Waals surface area contributed by atoms with Crippen molar-refractivity contribution in [1.29, 1.82) is 0 Å². The Labute approximate surface area is 142 Å². The lowest BCUT2D eigenvalue weighted by Gasteiger charge is -2.39. The third-order valence-electron chi connectivity index (χ3n) is 5.56. The Morgan fingerprint density at radius 3 is 2.83 bits per heavy atom. The van der Waals surface area contributed by atoms with Crippen molar-refractivity contribution in [2.45, 2.75) is 56.8 Å². The minimum Gasteiger partial charge on any atom is -0.362 e. The van der Waals surface area contributed by atoms with Crippen LogP contribution in [0.1, 0.15) is 44.1 Å². The Kier molecular flexibility index (Phi) is 4.43. The zero-order valence-electron chi connectivity index (χ0n) is 13.6. The van der Waals surface area contributed by atoms with Gasteiger partial charge in [0.15, 0.2) is 0 Å². The largest absolute Gasteiger partial charge is 0.362 e. The summed E-state index contributed by atoms with van der Waals surface area (Å²) in [6, 6.07) is 2.21. The van der Waals surface area contributed by atoms with Gasteiger partial charge in [-0.2, -0.15) is 11.3 Å². The molecule has 1 unspecified atom stereocenters. The van der Waals surface area contributed by atoms with Gasteiger partial charge in [0.05, 0.1) is 5.60 Å². The quantitative estimate of drug-likeness (QED) is 0.900. The van der Waals surface area contributed by atoms with E-state index >= 15 is 0 Å². The molecule has 2 aliphatic heterocycles. The van der Waals surface area contributed by atoms with E-state index < -0.39 is 0 Å². The molecule has 1 aromatic rings. The molecular weight excluding hydrogens is 308 g/mol. The number of ether oxygens (including phenoxy) is 1. The van der Waals surface area contributed by atoms with Gasteiger partial charge < -0.3 is 10.1 Å². The third kappa shape index (κ3) is 3.78. The molecule has 23 heavy (non-hydrogen) atoms. The minimum atomic E-state index is -0.211. The zero-order valence-corrected chi connectivity index (χ0v) is 14.4. The molecule has 1 aliphatic carbocycles. The van der Waals surface area contributed by atoms with Gasteiger partial charge in [-0.1, -0.05) is 0 Å². The van der Waals surface area contributed by atoms with Crippen LogP contribution in [-0.2, 0) is 16.1 Å². The molecule has 1 spiro atoms. The summed E-state index contributed by atoms with van der Waals surface area (Å²) in [5.41, 5.74) is 1.38. The molecule has 1 aromatic heterocycles. The van der Waals surface area contributed by atoms with Gasteiger partial charge in [0.1, 0.15) is 6.10 Å². The molecule has 0 aromatic carbocycles.